The summed E-state index contributed by atoms with van der Waals surface area (Å²) < 4.78 is 0. The number of nitrogens with zero attached hydrogens (tertiary/aromatic N) is 1. The summed E-state index contributed by atoms with van der Waals surface area (Å²) in [6, 6.07) is 4.12. The van der Waals surface area contributed by atoms with Crippen molar-refractivity contribution in [3.63, 3.8) is 0 Å². The third-order valence-electron chi connectivity index (χ3n) is 2.93. The van der Waals surface area contributed by atoms with Crippen LogP contribution in [0.4, 0.5) is 5.82 Å². The Hall–Kier alpha value is -1.05. The molecule has 17 heavy (non-hydrogen) atoms. The van der Waals surface area contributed by atoms with Crippen molar-refractivity contribution in [1.82, 2.24) is 4.98 Å². The van der Waals surface area contributed by atoms with Crippen LogP contribution in [0.2, 0.25) is 0 Å². The number of rotatable bonds is 8. The average molecular weight is 234 g/mol. The van der Waals surface area contributed by atoms with Gasteiger partial charge < -0.3 is 5.32 Å². The van der Waals surface area contributed by atoms with Crippen molar-refractivity contribution in [1.29, 1.82) is 0 Å². The Labute approximate surface area is 106 Å². The first-order valence-corrected chi connectivity index (χ1v) is 6.85. The number of anilines is 1. The highest BCUT2D eigenvalue weighted by molar-refractivity contribution is 5.36. The molecule has 0 aromatic carbocycles. The molecule has 0 amide bonds. The average Bonchev–Trinajstić information content (AvgIpc) is 2.27. The largest absolute Gasteiger partial charge is 0.370 e. The van der Waals surface area contributed by atoms with Crippen LogP contribution >= 0.6 is 0 Å². The Bertz CT molecular complexity index is 308. The van der Waals surface area contributed by atoms with Crippen molar-refractivity contribution < 1.29 is 0 Å². The van der Waals surface area contributed by atoms with Crippen molar-refractivity contribution in [2.24, 2.45) is 5.92 Å². The standard InChI is InChI=1S/C15H26N2/c1-13(2)8-6-4-5-7-10-16-15-12-14(3)9-11-17-15/h9,11-13H,4-8,10H2,1-3H3,(H,16,17). The minimum Gasteiger partial charge on any atom is -0.370 e. The van der Waals surface area contributed by atoms with Crippen LogP contribution in [0.15, 0.2) is 18.3 Å². The van der Waals surface area contributed by atoms with Gasteiger partial charge in [-0.1, -0.05) is 39.5 Å². The molecule has 1 N–H and O–H groups in total. The fourth-order valence-electron chi connectivity index (χ4n) is 1.88. The first-order valence-electron chi connectivity index (χ1n) is 6.85. The molecule has 2 nitrogen and oxygen atoms in total. The molecule has 0 atom stereocenters. The van der Waals surface area contributed by atoms with Gasteiger partial charge in [0.2, 0.25) is 0 Å². The lowest BCUT2D eigenvalue weighted by Gasteiger charge is -2.06. The molecule has 0 spiro atoms. The van der Waals surface area contributed by atoms with Gasteiger partial charge in [-0.15, -0.1) is 0 Å². The van der Waals surface area contributed by atoms with Crippen molar-refractivity contribution in [2.45, 2.75) is 52.9 Å². The van der Waals surface area contributed by atoms with Gasteiger partial charge in [-0.3, -0.25) is 0 Å². The second-order valence-electron chi connectivity index (χ2n) is 5.24. The van der Waals surface area contributed by atoms with E-state index >= 15 is 0 Å². The van der Waals surface area contributed by atoms with Crippen LogP contribution in [-0.4, -0.2) is 11.5 Å². The lowest BCUT2D eigenvalue weighted by Crippen LogP contribution is -2.03. The molecule has 0 aliphatic rings. The van der Waals surface area contributed by atoms with E-state index in [2.05, 4.69) is 37.1 Å². The van der Waals surface area contributed by atoms with Crippen LogP contribution in [0.5, 0.6) is 0 Å². The zero-order chi connectivity index (χ0) is 12.5. The molecule has 1 aromatic heterocycles. The SMILES string of the molecule is Cc1ccnc(NCCCCCCC(C)C)c1. The molecule has 0 unspecified atom stereocenters. The van der Waals surface area contributed by atoms with Gasteiger partial charge in [0.1, 0.15) is 5.82 Å². The number of aromatic nitrogens is 1. The van der Waals surface area contributed by atoms with E-state index in [-0.39, 0.29) is 0 Å². The molecule has 0 bridgehead atoms. The van der Waals surface area contributed by atoms with Gasteiger partial charge in [0, 0.05) is 12.7 Å². The predicted molar refractivity (Wildman–Crippen MR) is 75.4 cm³/mol. The van der Waals surface area contributed by atoms with Crippen LogP contribution in [0.25, 0.3) is 0 Å². The van der Waals surface area contributed by atoms with Crippen LogP contribution < -0.4 is 5.32 Å². The highest BCUT2D eigenvalue weighted by Gasteiger charge is 1.96. The van der Waals surface area contributed by atoms with Gasteiger partial charge in [-0.2, -0.15) is 0 Å². The number of hydrogen-bond acceptors (Lipinski definition) is 2. The molecule has 0 radical (unpaired) electrons. The second-order valence-corrected chi connectivity index (χ2v) is 5.24. The number of pyridine rings is 1. The molecule has 96 valence electrons. The summed E-state index contributed by atoms with van der Waals surface area (Å²) in [5.74, 6) is 1.86. The third kappa shape index (κ3) is 6.98. The molecular formula is C15H26N2. The molecule has 1 heterocycles. The molecule has 0 aliphatic heterocycles. The monoisotopic (exact) mass is 234 g/mol. The van der Waals surface area contributed by atoms with Crippen molar-refractivity contribution in [2.75, 3.05) is 11.9 Å². The fourth-order valence-corrected chi connectivity index (χ4v) is 1.88. The Morgan fingerprint density at radius 3 is 2.65 bits per heavy atom. The van der Waals surface area contributed by atoms with Crippen LogP contribution in [-0.2, 0) is 0 Å². The Morgan fingerprint density at radius 2 is 1.94 bits per heavy atom. The number of aryl methyl sites for hydroxylation is 1. The van der Waals surface area contributed by atoms with Crippen LogP contribution in [0, 0.1) is 12.8 Å². The van der Waals surface area contributed by atoms with Crippen molar-refractivity contribution in [3.8, 4) is 0 Å². The summed E-state index contributed by atoms with van der Waals surface area (Å²) in [4.78, 5) is 4.29. The van der Waals surface area contributed by atoms with Crippen LogP contribution in [0.1, 0.15) is 51.5 Å². The Morgan fingerprint density at radius 1 is 1.18 bits per heavy atom. The van der Waals surface area contributed by atoms with E-state index in [0.717, 1.165) is 18.3 Å². The maximum atomic E-state index is 4.29. The van der Waals surface area contributed by atoms with E-state index in [4.69, 9.17) is 0 Å². The molecule has 0 saturated carbocycles. The van der Waals surface area contributed by atoms with Gasteiger partial charge in [0.15, 0.2) is 0 Å². The van der Waals surface area contributed by atoms with Crippen LogP contribution in [0.3, 0.4) is 0 Å². The van der Waals surface area contributed by atoms with Gasteiger partial charge >= 0.3 is 0 Å². The topological polar surface area (TPSA) is 24.9 Å². The molecule has 0 aliphatic carbocycles. The minimum absolute atomic E-state index is 0.851. The maximum Gasteiger partial charge on any atom is 0.126 e. The summed E-state index contributed by atoms with van der Waals surface area (Å²) in [6.45, 7) is 7.73. The van der Waals surface area contributed by atoms with E-state index in [9.17, 15) is 0 Å². The van der Waals surface area contributed by atoms with Gasteiger partial charge in [0.25, 0.3) is 0 Å². The molecule has 1 aromatic rings. The summed E-state index contributed by atoms with van der Waals surface area (Å²) in [7, 11) is 0. The summed E-state index contributed by atoms with van der Waals surface area (Å²) >= 11 is 0. The van der Waals surface area contributed by atoms with E-state index in [1.165, 1.54) is 37.7 Å². The fraction of sp³-hybridized carbons (Fsp3) is 0.667. The second kappa shape index (κ2) is 8.10. The zero-order valence-corrected chi connectivity index (χ0v) is 11.5. The first kappa shape index (κ1) is 14.0. The molecule has 0 fully saturated rings. The van der Waals surface area contributed by atoms with E-state index in [1.807, 2.05) is 12.3 Å². The summed E-state index contributed by atoms with van der Waals surface area (Å²) in [6.07, 6.45) is 8.54. The van der Waals surface area contributed by atoms with E-state index in [0.29, 0.717) is 0 Å². The highest BCUT2D eigenvalue weighted by atomic mass is 15.0. The summed E-state index contributed by atoms with van der Waals surface area (Å²) in [5.41, 5.74) is 1.26. The van der Waals surface area contributed by atoms with E-state index in [1.54, 1.807) is 0 Å². The van der Waals surface area contributed by atoms with Crippen molar-refractivity contribution in [3.05, 3.63) is 23.9 Å². The molecular weight excluding hydrogens is 208 g/mol. The molecule has 1 rings (SSSR count). The lowest BCUT2D eigenvalue weighted by atomic mass is 10.0. The van der Waals surface area contributed by atoms with Crippen molar-refractivity contribution >= 4 is 5.82 Å². The number of hydrogen-bond donors (Lipinski definition) is 1. The predicted octanol–water partition coefficient (Wildman–Crippen LogP) is 4.41. The van der Waals surface area contributed by atoms with Gasteiger partial charge in [-0.05, 0) is 37.0 Å². The zero-order valence-electron chi connectivity index (χ0n) is 11.5. The smallest absolute Gasteiger partial charge is 0.126 e. The number of nitrogens with one attached hydrogen (secondary N) is 1. The Balaban J connectivity index is 2.01. The van der Waals surface area contributed by atoms with Gasteiger partial charge in [0.05, 0.1) is 0 Å². The summed E-state index contributed by atoms with van der Waals surface area (Å²) in [5, 5.41) is 3.37. The molecule has 2 heteroatoms. The third-order valence-corrected chi connectivity index (χ3v) is 2.93. The first-order chi connectivity index (χ1) is 8.18. The van der Waals surface area contributed by atoms with Gasteiger partial charge in [-0.25, -0.2) is 4.98 Å². The quantitative estimate of drug-likeness (QED) is 0.674. The minimum atomic E-state index is 0.851. The molecule has 0 saturated heterocycles. The number of unbranched alkanes of at least 4 members (excludes halogenated alkanes) is 3. The van der Waals surface area contributed by atoms with E-state index < -0.39 is 0 Å². The lowest BCUT2D eigenvalue weighted by molar-refractivity contribution is 0.523. The maximum absolute atomic E-state index is 4.29. The highest BCUT2D eigenvalue weighted by Crippen LogP contribution is 2.10. The Kier molecular flexibility index (Phi) is 6.68. The normalized spacial score (nSPS) is 10.8.